The van der Waals surface area contributed by atoms with Gasteiger partial charge in [0.25, 0.3) is 0 Å². The number of primary amides is 1. The van der Waals surface area contributed by atoms with Crippen molar-refractivity contribution in [2.75, 3.05) is 18.5 Å². The van der Waals surface area contributed by atoms with E-state index in [0.29, 0.717) is 17.7 Å². The number of nitrogens with one attached hydrogen (secondary N) is 2. The number of anilines is 1. The molecule has 0 radical (unpaired) electrons. The minimum Gasteiger partial charge on any atom is -0.443 e. The highest BCUT2D eigenvalue weighted by atomic mass is 16.7. The summed E-state index contributed by atoms with van der Waals surface area (Å²) in [5.41, 5.74) is 7.91. The van der Waals surface area contributed by atoms with Gasteiger partial charge in [0.15, 0.2) is 6.29 Å². The Balaban J connectivity index is 1.50. The van der Waals surface area contributed by atoms with Crippen LogP contribution in [-0.4, -0.2) is 127 Å². The summed E-state index contributed by atoms with van der Waals surface area (Å²) in [4.78, 5) is 11.1. The van der Waals surface area contributed by atoms with Crippen LogP contribution >= 0.6 is 0 Å². The second-order valence-corrected chi connectivity index (χ2v) is 10.6. The lowest BCUT2D eigenvalue weighted by Crippen LogP contribution is -2.65. The first kappa shape index (κ1) is 32.0. The largest absolute Gasteiger partial charge is 0.443 e. The highest BCUT2D eigenvalue weighted by Gasteiger charge is 2.51. The molecular formula is C26H38N4O12. The van der Waals surface area contributed by atoms with Gasteiger partial charge in [-0.3, -0.25) is 5.10 Å². The number of aromatic amines is 1. The lowest BCUT2D eigenvalue weighted by Gasteiger charge is -2.45. The van der Waals surface area contributed by atoms with E-state index in [9.17, 15) is 40.5 Å². The molecule has 0 aliphatic carbocycles. The van der Waals surface area contributed by atoms with E-state index in [0.717, 1.165) is 11.3 Å². The number of carbonyl (C=O) groups is 1. The maximum absolute atomic E-state index is 11.1. The second kappa shape index (κ2) is 13.6. The van der Waals surface area contributed by atoms with E-state index in [1.54, 1.807) is 24.3 Å². The number of ether oxygens (including phenoxy) is 4. The van der Waals surface area contributed by atoms with Crippen LogP contribution in [0, 0.1) is 0 Å². The normalized spacial score (nSPS) is 33.5. The molecule has 0 saturated carbocycles. The molecule has 2 aliphatic heterocycles. The number of aliphatic hydroxyl groups is 7. The Bertz CT molecular complexity index is 1180. The van der Waals surface area contributed by atoms with Crippen molar-refractivity contribution in [2.45, 2.75) is 87.6 Å². The Morgan fingerprint density at radius 2 is 1.57 bits per heavy atom. The highest BCUT2D eigenvalue weighted by Crippen LogP contribution is 2.33. The number of nitrogens with zero attached hydrogens (tertiary/aromatic N) is 1. The molecule has 42 heavy (non-hydrogen) atoms. The average molecular weight is 599 g/mol. The summed E-state index contributed by atoms with van der Waals surface area (Å²) in [6.45, 7) is 2.48. The van der Waals surface area contributed by atoms with Crippen LogP contribution in [0.2, 0.25) is 0 Å². The number of H-pyrrole nitrogens is 1. The summed E-state index contributed by atoms with van der Waals surface area (Å²) in [5, 5.41) is 81.2. The Hall–Kier alpha value is -2.90. The van der Waals surface area contributed by atoms with Gasteiger partial charge in [-0.15, -0.1) is 5.10 Å². The van der Waals surface area contributed by atoms with Crippen molar-refractivity contribution in [2.24, 2.45) is 5.73 Å². The highest BCUT2D eigenvalue weighted by molar-refractivity contribution is 5.87. The molecule has 234 valence electrons. The molecule has 4 rings (SSSR count). The van der Waals surface area contributed by atoms with Gasteiger partial charge in [0.05, 0.1) is 13.2 Å². The predicted molar refractivity (Wildman–Crippen MR) is 142 cm³/mol. The number of amides is 2. The Morgan fingerprint density at radius 3 is 2.17 bits per heavy atom. The number of benzene rings is 1. The third-order valence-corrected chi connectivity index (χ3v) is 7.23. The Labute approximate surface area is 240 Å². The molecule has 0 spiro atoms. The van der Waals surface area contributed by atoms with Crippen LogP contribution in [0.25, 0.3) is 0 Å². The predicted octanol–water partition coefficient (Wildman–Crippen LogP) is -2.38. The third kappa shape index (κ3) is 6.84. The van der Waals surface area contributed by atoms with Crippen LogP contribution in [0.3, 0.4) is 0 Å². The molecule has 0 bridgehead atoms. The summed E-state index contributed by atoms with van der Waals surface area (Å²) in [6, 6.07) is 6.24. The number of aliphatic hydroxyl groups excluding tert-OH is 7. The second-order valence-electron chi connectivity index (χ2n) is 10.6. The minimum absolute atomic E-state index is 0.00458. The molecule has 11 N–H and O–H groups in total. The van der Waals surface area contributed by atoms with Gasteiger partial charge in [0.1, 0.15) is 48.8 Å². The lowest BCUT2D eigenvalue weighted by atomic mass is 9.97. The maximum atomic E-state index is 11.1. The zero-order chi connectivity index (χ0) is 30.7. The minimum atomic E-state index is -1.78. The van der Waals surface area contributed by atoms with Gasteiger partial charge in [-0.05, 0) is 23.6 Å². The molecule has 1 aromatic heterocycles. The van der Waals surface area contributed by atoms with E-state index in [-0.39, 0.29) is 11.8 Å². The summed E-state index contributed by atoms with van der Waals surface area (Å²) in [6.07, 6.45) is -15.4. The fourth-order valence-electron chi connectivity index (χ4n) is 4.92. The number of hydrogen-bond donors (Lipinski definition) is 10. The van der Waals surface area contributed by atoms with Gasteiger partial charge >= 0.3 is 6.03 Å². The molecule has 16 heteroatoms. The lowest BCUT2D eigenvalue weighted by molar-refractivity contribution is -0.352. The van der Waals surface area contributed by atoms with Gasteiger partial charge in [-0.25, -0.2) is 4.79 Å². The fourth-order valence-corrected chi connectivity index (χ4v) is 4.92. The summed E-state index contributed by atoms with van der Waals surface area (Å²) < 4.78 is 22.5. The van der Waals surface area contributed by atoms with Gasteiger partial charge in [0, 0.05) is 23.4 Å². The molecule has 10 atom stereocenters. The van der Waals surface area contributed by atoms with Crippen LogP contribution in [0.1, 0.15) is 36.6 Å². The molecule has 2 amide bonds. The average Bonchev–Trinajstić information content (AvgIpc) is 3.35. The first-order chi connectivity index (χ1) is 19.9. The van der Waals surface area contributed by atoms with Crippen molar-refractivity contribution in [3.8, 4) is 5.88 Å². The van der Waals surface area contributed by atoms with Crippen molar-refractivity contribution in [1.29, 1.82) is 0 Å². The molecule has 1 aromatic carbocycles. The van der Waals surface area contributed by atoms with E-state index in [1.807, 2.05) is 13.8 Å². The van der Waals surface area contributed by atoms with Crippen LogP contribution in [-0.2, 0) is 20.6 Å². The van der Waals surface area contributed by atoms with E-state index in [1.165, 1.54) is 0 Å². The van der Waals surface area contributed by atoms with Crippen LogP contribution in [0.4, 0.5) is 10.5 Å². The van der Waals surface area contributed by atoms with E-state index in [2.05, 4.69) is 15.5 Å². The van der Waals surface area contributed by atoms with Crippen LogP contribution < -0.4 is 15.8 Å². The standard InChI is InChI=1S/C26H38N4O12/c1-10(2)16-13(7-11-3-5-12(6-4-11)28-26(27)38)23(30-29-16)42-25-21(37)19(35)22(15(9-32)40-25)41-24-20(36)18(34)17(33)14(8-31)39-24/h3-6,10,14-15,17-22,24-25,31-37H,7-9H2,1-2H3,(H,29,30)(H3,27,28,38)/t14-,15-,17-,18+,19-,20-,21-,22-,24-,25+/m1/s1. The summed E-state index contributed by atoms with van der Waals surface area (Å²) >= 11 is 0. The molecule has 2 aromatic rings. The van der Waals surface area contributed by atoms with Crippen molar-refractivity contribution in [3.05, 3.63) is 41.1 Å². The fraction of sp³-hybridized carbons (Fsp3) is 0.615. The maximum Gasteiger partial charge on any atom is 0.316 e. The molecular weight excluding hydrogens is 560 g/mol. The monoisotopic (exact) mass is 598 g/mol. The van der Waals surface area contributed by atoms with E-state index < -0.39 is 80.7 Å². The zero-order valence-electron chi connectivity index (χ0n) is 23.0. The molecule has 2 saturated heterocycles. The van der Waals surface area contributed by atoms with Gasteiger partial charge in [0.2, 0.25) is 12.2 Å². The van der Waals surface area contributed by atoms with Crippen LogP contribution in [0.15, 0.2) is 24.3 Å². The quantitative estimate of drug-likeness (QED) is 0.137. The molecule has 3 heterocycles. The van der Waals surface area contributed by atoms with Gasteiger partial charge in [-0.2, -0.15) is 0 Å². The Kier molecular flexibility index (Phi) is 10.4. The van der Waals surface area contributed by atoms with Crippen molar-refractivity contribution >= 4 is 11.7 Å². The molecule has 2 aliphatic rings. The molecule has 16 nitrogen and oxygen atoms in total. The zero-order valence-corrected chi connectivity index (χ0v) is 23.0. The van der Waals surface area contributed by atoms with Crippen molar-refractivity contribution in [3.63, 3.8) is 0 Å². The van der Waals surface area contributed by atoms with Crippen molar-refractivity contribution in [1.82, 2.24) is 10.2 Å². The SMILES string of the molecule is CC(C)c1[nH]nc(O[C@@H]2O[C@H](CO)[C@@H](O[C@H]3O[C@H](CO)[C@@H](O)[C@H](O)[C@H]3O)[C@H](O)[C@H]2O)c1Cc1ccc(NC(N)=O)cc1. The van der Waals surface area contributed by atoms with Crippen LogP contribution in [0.5, 0.6) is 5.88 Å². The van der Waals surface area contributed by atoms with E-state index in [4.69, 9.17) is 24.7 Å². The first-order valence-corrected chi connectivity index (χ1v) is 13.4. The number of hydrogen-bond acceptors (Lipinski definition) is 13. The smallest absolute Gasteiger partial charge is 0.316 e. The summed E-state index contributed by atoms with van der Waals surface area (Å²) in [7, 11) is 0. The number of nitrogens with two attached hydrogens (primary N) is 1. The number of rotatable bonds is 10. The van der Waals surface area contributed by atoms with Crippen molar-refractivity contribution < 1.29 is 59.5 Å². The molecule has 0 unspecified atom stereocenters. The number of urea groups is 1. The topological polar surface area (TPSA) is 262 Å². The Morgan fingerprint density at radius 1 is 0.952 bits per heavy atom. The number of aromatic nitrogens is 2. The van der Waals surface area contributed by atoms with Gasteiger partial charge < -0.3 is 65.7 Å². The van der Waals surface area contributed by atoms with E-state index >= 15 is 0 Å². The third-order valence-electron chi connectivity index (χ3n) is 7.23. The van der Waals surface area contributed by atoms with Gasteiger partial charge in [-0.1, -0.05) is 26.0 Å². The first-order valence-electron chi connectivity index (χ1n) is 13.4. The number of carbonyl (C=O) groups excluding carboxylic acids is 1. The summed E-state index contributed by atoms with van der Waals surface area (Å²) in [5.74, 6) is 0.0872. The molecule has 2 fully saturated rings.